The SMILES string of the molecule is C[Si]1(C)c2ccccc2-c2ccc(-c3nc(-c4ccccc4)nc(-c4ccc(-c5cccc6oc7ccc8ccccc8c7c56)cc4)n3)cc21. The fourth-order valence-corrected chi connectivity index (χ4v) is 10.9. The van der Waals surface area contributed by atoms with Gasteiger partial charge in [0.1, 0.15) is 19.2 Å². The van der Waals surface area contributed by atoms with E-state index < -0.39 is 8.07 Å². The van der Waals surface area contributed by atoms with Crippen LogP contribution in [0.25, 0.3) is 89.1 Å². The number of furan rings is 1. The molecule has 0 spiro atoms. The molecule has 0 radical (unpaired) electrons. The fourth-order valence-electron chi connectivity index (χ4n) is 7.82. The predicted octanol–water partition coefficient (Wildman–Crippen LogP) is 10.4. The molecule has 0 unspecified atom stereocenters. The Balaban J connectivity index is 1.10. The summed E-state index contributed by atoms with van der Waals surface area (Å²) in [5.74, 6) is 2.00. The molecule has 0 saturated carbocycles. The Bertz CT molecular complexity index is 2780. The highest BCUT2D eigenvalue weighted by molar-refractivity contribution is 7.03. The third kappa shape index (κ3) is 4.40. The van der Waals surface area contributed by atoms with E-state index in [-0.39, 0.29) is 0 Å². The molecule has 1 aliphatic heterocycles. The van der Waals surface area contributed by atoms with Gasteiger partial charge in [0.2, 0.25) is 0 Å². The van der Waals surface area contributed by atoms with Crippen LogP contribution in [0.2, 0.25) is 13.1 Å². The Kier molecular flexibility index (Phi) is 6.29. The molecule has 4 nitrogen and oxygen atoms in total. The molecule has 0 saturated heterocycles. The Morgan fingerprint density at radius 1 is 0.420 bits per heavy atom. The van der Waals surface area contributed by atoms with E-state index in [2.05, 4.69) is 147 Å². The van der Waals surface area contributed by atoms with Crippen LogP contribution >= 0.6 is 0 Å². The van der Waals surface area contributed by atoms with E-state index >= 15 is 0 Å². The summed E-state index contributed by atoms with van der Waals surface area (Å²) in [6.07, 6.45) is 0. The van der Waals surface area contributed by atoms with Gasteiger partial charge in [-0.25, -0.2) is 15.0 Å². The van der Waals surface area contributed by atoms with Crippen LogP contribution < -0.4 is 10.4 Å². The third-order valence-corrected chi connectivity index (χ3v) is 13.9. The second-order valence-corrected chi connectivity index (χ2v) is 17.9. The molecule has 3 heterocycles. The minimum Gasteiger partial charge on any atom is -0.456 e. The highest BCUT2D eigenvalue weighted by atomic mass is 28.3. The van der Waals surface area contributed by atoms with Crippen LogP contribution in [0.1, 0.15) is 0 Å². The Labute approximate surface area is 290 Å². The first kappa shape index (κ1) is 28.8. The summed E-state index contributed by atoms with van der Waals surface area (Å²) in [4.78, 5) is 15.2. The molecule has 236 valence electrons. The van der Waals surface area contributed by atoms with Crippen LogP contribution in [0.3, 0.4) is 0 Å². The Morgan fingerprint density at radius 2 is 1.02 bits per heavy atom. The maximum absolute atomic E-state index is 6.36. The molecule has 1 aliphatic rings. The number of nitrogens with zero attached hydrogens (tertiary/aromatic N) is 3. The Morgan fingerprint density at radius 3 is 1.84 bits per heavy atom. The van der Waals surface area contributed by atoms with E-state index in [1.54, 1.807) is 0 Å². The van der Waals surface area contributed by atoms with Gasteiger partial charge in [-0.2, -0.15) is 0 Å². The van der Waals surface area contributed by atoms with Gasteiger partial charge in [0, 0.05) is 27.5 Å². The van der Waals surface area contributed by atoms with Gasteiger partial charge in [-0.05, 0) is 55.5 Å². The van der Waals surface area contributed by atoms with Gasteiger partial charge in [0.25, 0.3) is 0 Å². The molecule has 0 bridgehead atoms. The maximum atomic E-state index is 6.36. The summed E-state index contributed by atoms with van der Waals surface area (Å²) in [6, 6.07) is 53.4. The van der Waals surface area contributed by atoms with Crippen molar-refractivity contribution < 1.29 is 4.42 Å². The van der Waals surface area contributed by atoms with Gasteiger partial charge in [0.05, 0.1) is 0 Å². The molecule has 2 aromatic heterocycles. The highest BCUT2D eigenvalue weighted by Gasteiger charge is 2.37. The molecular formula is C45H31N3OSi. The Hall–Kier alpha value is -6.17. The zero-order chi connectivity index (χ0) is 33.4. The molecule has 50 heavy (non-hydrogen) atoms. The molecule has 0 amide bonds. The van der Waals surface area contributed by atoms with Gasteiger partial charge in [-0.1, -0.05) is 153 Å². The lowest BCUT2D eigenvalue weighted by molar-refractivity contribution is 0.669. The van der Waals surface area contributed by atoms with Gasteiger partial charge >= 0.3 is 0 Å². The minimum absolute atomic E-state index is 0.652. The molecule has 0 aliphatic carbocycles. The summed E-state index contributed by atoms with van der Waals surface area (Å²) in [5.41, 5.74) is 9.64. The van der Waals surface area contributed by atoms with E-state index in [1.807, 2.05) is 18.2 Å². The zero-order valence-electron chi connectivity index (χ0n) is 27.7. The van der Waals surface area contributed by atoms with Crippen molar-refractivity contribution in [3.05, 3.63) is 152 Å². The average Bonchev–Trinajstić information content (AvgIpc) is 3.67. The number of hydrogen-bond donors (Lipinski definition) is 0. The van der Waals surface area contributed by atoms with Gasteiger partial charge < -0.3 is 4.42 Å². The molecular weight excluding hydrogens is 627 g/mol. The van der Waals surface area contributed by atoms with Crippen molar-refractivity contribution in [1.82, 2.24) is 15.0 Å². The van der Waals surface area contributed by atoms with Crippen molar-refractivity contribution in [2.75, 3.05) is 0 Å². The first-order valence-corrected chi connectivity index (χ1v) is 20.0. The van der Waals surface area contributed by atoms with Crippen molar-refractivity contribution in [2.45, 2.75) is 13.1 Å². The van der Waals surface area contributed by atoms with Crippen LogP contribution in [0.5, 0.6) is 0 Å². The van der Waals surface area contributed by atoms with E-state index in [4.69, 9.17) is 19.4 Å². The van der Waals surface area contributed by atoms with Gasteiger partial charge in [-0.3, -0.25) is 0 Å². The standard InChI is InChI=1S/C45H31N3OSi/c1-50(2)39-18-9-8-15-35(39)36-25-23-32(27-40(36)50)45-47-43(30-12-4-3-5-13-30)46-44(48-45)31-21-19-29(20-22-31)34-16-10-17-37-41(34)42-33-14-7-6-11-28(33)24-26-38(42)49-37/h3-27H,1-2H3. The number of rotatable bonds is 4. The van der Waals surface area contributed by atoms with E-state index in [0.29, 0.717) is 17.5 Å². The highest BCUT2D eigenvalue weighted by Crippen LogP contribution is 2.40. The fraction of sp³-hybridized carbons (Fsp3) is 0.0444. The summed E-state index contributed by atoms with van der Waals surface area (Å²) in [6.45, 7) is 4.87. The summed E-state index contributed by atoms with van der Waals surface area (Å²) in [5, 5.41) is 7.59. The lowest BCUT2D eigenvalue weighted by Crippen LogP contribution is -2.49. The molecule has 5 heteroatoms. The lowest BCUT2D eigenvalue weighted by atomic mass is 9.96. The van der Waals surface area contributed by atoms with Crippen molar-refractivity contribution in [3.63, 3.8) is 0 Å². The molecule has 9 aromatic rings. The second kappa shape index (κ2) is 10.9. The van der Waals surface area contributed by atoms with E-state index in [1.165, 1.54) is 32.3 Å². The van der Waals surface area contributed by atoms with Crippen LogP contribution in [0.15, 0.2) is 156 Å². The van der Waals surface area contributed by atoms with Crippen LogP contribution in [-0.4, -0.2) is 23.0 Å². The van der Waals surface area contributed by atoms with Crippen LogP contribution in [0.4, 0.5) is 0 Å². The van der Waals surface area contributed by atoms with Crippen LogP contribution in [0, 0.1) is 0 Å². The molecule has 0 fully saturated rings. The smallest absolute Gasteiger partial charge is 0.164 e. The summed E-state index contributed by atoms with van der Waals surface area (Å²) in [7, 11) is -1.86. The van der Waals surface area contributed by atoms with Gasteiger partial charge in [0.15, 0.2) is 17.5 Å². The first-order chi connectivity index (χ1) is 24.5. The lowest BCUT2D eigenvalue weighted by Gasteiger charge is -2.19. The molecule has 0 atom stereocenters. The van der Waals surface area contributed by atoms with Crippen molar-refractivity contribution in [2.24, 2.45) is 0 Å². The molecule has 7 aromatic carbocycles. The average molecular weight is 658 g/mol. The minimum atomic E-state index is -1.86. The largest absolute Gasteiger partial charge is 0.456 e. The zero-order valence-corrected chi connectivity index (χ0v) is 28.7. The predicted molar refractivity (Wildman–Crippen MR) is 209 cm³/mol. The van der Waals surface area contributed by atoms with Crippen molar-refractivity contribution >= 4 is 51.2 Å². The molecule has 0 N–H and O–H groups in total. The number of hydrogen-bond acceptors (Lipinski definition) is 4. The van der Waals surface area contributed by atoms with Crippen molar-refractivity contribution in [3.8, 4) is 56.4 Å². The van der Waals surface area contributed by atoms with Gasteiger partial charge in [-0.15, -0.1) is 0 Å². The number of aromatic nitrogens is 3. The maximum Gasteiger partial charge on any atom is 0.164 e. The number of fused-ring (bicyclic) bond motifs is 8. The monoisotopic (exact) mass is 657 g/mol. The first-order valence-electron chi connectivity index (χ1n) is 17.0. The van der Waals surface area contributed by atoms with Crippen molar-refractivity contribution in [1.29, 1.82) is 0 Å². The number of benzene rings is 7. The molecule has 10 rings (SSSR count). The van der Waals surface area contributed by atoms with E-state index in [0.717, 1.165) is 49.8 Å². The summed E-state index contributed by atoms with van der Waals surface area (Å²) >= 11 is 0. The van der Waals surface area contributed by atoms with Crippen LogP contribution in [-0.2, 0) is 0 Å². The van der Waals surface area contributed by atoms with E-state index in [9.17, 15) is 0 Å². The normalized spacial score (nSPS) is 13.2. The topological polar surface area (TPSA) is 51.8 Å². The quantitative estimate of drug-likeness (QED) is 0.177. The second-order valence-electron chi connectivity index (χ2n) is 13.6. The third-order valence-electron chi connectivity index (χ3n) is 10.4. The summed E-state index contributed by atoms with van der Waals surface area (Å²) < 4.78 is 6.36.